The number of phenols is 1. The lowest BCUT2D eigenvalue weighted by Crippen LogP contribution is -2.53. The molecule has 2 rings (SSSR count). The fourth-order valence-electron chi connectivity index (χ4n) is 3.90. The number of benzene rings is 2. The van der Waals surface area contributed by atoms with Crippen molar-refractivity contribution < 1.29 is 24.2 Å². The SMILES string of the molecule is CCCC(C)NC(=O)C(c1ccccc1)N(C)C(=O)C(Cc1ccc(O)cc1)NC(=O)OC(C)(C)C. The molecule has 8 nitrogen and oxygen atoms in total. The van der Waals surface area contributed by atoms with E-state index in [1.807, 2.05) is 32.0 Å². The number of carbonyl (C=O) groups is 3. The van der Waals surface area contributed by atoms with E-state index in [2.05, 4.69) is 10.6 Å². The lowest BCUT2D eigenvalue weighted by molar-refractivity contribution is -0.141. The highest BCUT2D eigenvalue weighted by Crippen LogP contribution is 2.22. The summed E-state index contributed by atoms with van der Waals surface area (Å²) in [6, 6.07) is 13.5. The third-order valence-electron chi connectivity index (χ3n) is 5.57. The van der Waals surface area contributed by atoms with Crippen LogP contribution >= 0.6 is 0 Å². The molecule has 0 radical (unpaired) electrons. The van der Waals surface area contributed by atoms with Crippen molar-refractivity contribution in [3.05, 3.63) is 65.7 Å². The number of hydrogen-bond donors (Lipinski definition) is 3. The van der Waals surface area contributed by atoms with E-state index in [1.165, 1.54) is 17.0 Å². The lowest BCUT2D eigenvalue weighted by atomic mass is 10.0. The topological polar surface area (TPSA) is 108 Å². The third kappa shape index (κ3) is 8.91. The van der Waals surface area contributed by atoms with E-state index in [9.17, 15) is 19.5 Å². The maximum absolute atomic E-state index is 13.8. The average Bonchev–Trinajstić information content (AvgIpc) is 2.79. The monoisotopic (exact) mass is 497 g/mol. The van der Waals surface area contributed by atoms with Crippen molar-refractivity contribution in [3.63, 3.8) is 0 Å². The molecule has 3 unspecified atom stereocenters. The molecule has 0 bridgehead atoms. The number of phenolic OH excluding ortho intramolecular Hbond substituents is 1. The number of nitrogens with one attached hydrogen (secondary N) is 2. The number of likely N-dealkylation sites (N-methyl/N-ethyl adjacent to an activating group) is 1. The Morgan fingerprint density at radius 1 is 1.00 bits per heavy atom. The molecule has 0 aromatic heterocycles. The second-order valence-electron chi connectivity index (χ2n) is 10.0. The maximum Gasteiger partial charge on any atom is 0.408 e. The molecule has 2 aromatic rings. The van der Waals surface area contributed by atoms with Gasteiger partial charge in [0, 0.05) is 19.5 Å². The Labute approximate surface area is 214 Å². The summed E-state index contributed by atoms with van der Waals surface area (Å²) in [6.45, 7) is 9.19. The van der Waals surface area contributed by atoms with Crippen LogP contribution in [0.25, 0.3) is 0 Å². The molecule has 0 aliphatic carbocycles. The summed E-state index contributed by atoms with van der Waals surface area (Å²) in [5.74, 6) is -0.638. The van der Waals surface area contributed by atoms with Crippen LogP contribution in [0.15, 0.2) is 54.6 Å². The van der Waals surface area contributed by atoms with E-state index in [-0.39, 0.29) is 24.1 Å². The van der Waals surface area contributed by atoms with Crippen molar-refractivity contribution in [1.29, 1.82) is 0 Å². The Bertz CT molecular complexity index is 1000. The number of hydrogen-bond acceptors (Lipinski definition) is 5. The lowest BCUT2D eigenvalue weighted by Gasteiger charge is -2.32. The molecule has 0 heterocycles. The first-order valence-corrected chi connectivity index (χ1v) is 12.3. The van der Waals surface area contributed by atoms with Gasteiger partial charge in [-0.25, -0.2) is 4.79 Å². The van der Waals surface area contributed by atoms with Crippen molar-refractivity contribution in [2.24, 2.45) is 0 Å². The van der Waals surface area contributed by atoms with Gasteiger partial charge in [0.05, 0.1) is 0 Å². The van der Waals surface area contributed by atoms with Crippen molar-refractivity contribution in [1.82, 2.24) is 15.5 Å². The molecule has 0 aliphatic heterocycles. The van der Waals surface area contributed by atoms with Gasteiger partial charge in [-0.05, 0) is 57.4 Å². The molecule has 0 saturated heterocycles. The highest BCUT2D eigenvalue weighted by molar-refractivity contribution is 5.92. The van der Waals surface area contributed by atoms with Crippen LogP contribution in [0.5, 0.6) is 5.75 Å². The molecular formula is C28H39N3O5. The first kappa shape index (κ1) is 28.7. The highest BCUT2D eigenvalue weighted by atomic mass is 16.6. The molecular weight excluding hydrogens is 458 g/mol. The molecule has 0 aliphatic rings. The van der Waals surface area contributed by atoms with Crippen molar-refractivity contribution in [3.8, 4) is 5.75 Å². The second kappa shape index (κ2) is 13.0. The Morgan fingerprint density at radius 3 is 2.17 bits per heavy atom. The van der Waals surface area contributed by atoms with Crippen molar-refractivity contribution in [2.75, 3.05) is 7.05 Å². The standard InChI is InChI=1S/C28H39N3O5/c1-7-11-19(2)29-25(33)24(21-12-9-8-10-13-21)31(6)26(34)23(30-27(35)36-28(3,4)5)18-20-14-16-22(32)17-15-20/h8-10,12-17,19,23-24,32H,7,11,18H2,1-6H3,(H,29,33)(H,30,35). The molecule has 36 heavy (non-hydrogen) atoms. The van der Waals surface area contributed by atoms with E-state index in [1.54, 1.807) is 52.1 Å². The molecule has 0 fully saturated rings. The van der Waals surface area contributed by atoms with Crippen LogP contribution in [-0.4, -0.2) is 52.6 Å². The number of amides is 3. The number of carbonyl (C=O) groups excluding carboxylic acids is 3. The molecule has 3 N–H and O–H groups in total. The predicted molar refractivity (Wildman–Crippen MR) is 139 cm³/mol. The summed E-state index contributed by atoms with van der Waals surface area (Å²) < 4.78 is 5.39. The number of rotatable bonds is 10. The minimum atomic E-state index is -0.999. The number of aromatic hydroxyl groups is 1. The van der Waals surface area contributed by atoms with Gasteiger partial charge in [0.15, 0.2) is 0 Å². The van der Waals surface area contributed by atoms with Crippen LogP contribution in [0.4, 0.5) is 4.79 Å². The minimum absolute atomic E-state index is 0.0510. The molecule has 196 valence electrons. The summed E-state index contributed by atoms with van der Waals surface area (Å²) in [4.78, 5) is 41.1. The Balaban J connectivity index is 2.36. The van der Waals surface area contributed by atoms with E-state index in [4.69, 9.17) is 4.74 Å². The summed E-state index contributed by atoms with van der Waals surface area (Å²) in [5.41, 5.74) is 0.646. The second-order valence-corrected chi connectivity index (χ2v) is 10.0. The molecule has 8 heteroatoms. The van der Waals surface area contributed by atoms with Crippen LogP contribution in [-0.2, 0) is 20.7 Å². The zero-order chi connectivity index (χ0) is 26.9. The van der Waals surface area contributed by atoms with Gasteiger partial charge in [-0.2, -0.15) is 0 Å². The van der Waals surface area contributed by atoms with Crippen LogP contribution < -0.4 is 10.6 Å². The van der Waals surface area contributed by atoms with E-state index in [0.717, 1.165) is 18.4 Å². The molecule has 0 spiro atoms. The first-order valence-electron chi connectivity index (χ1n) is 12.3. The smallest absolute Gasteiger partial charge is 0.408 e. The Kier molecular flexibility index (Phi) is 10.3. The van der Waals surface area contributed by atoms with E-state index in [0.29, 0.717) is 5.56 Å². The number of alkyl carbamates (subject to hydrolysis) is 1. The van der Waals surface area contributed by atoms with E-state index >= 15 is 0 Å². The van der Waals surface area contributed by atoms with Crippen molar-refractivity contribution >= 4 is 17.9 Å². The van der Waals surface area contributed by atoms with Gasteiger partial charge in [-0.15, -0.1) is 0 Å². The average molecular weight is 498 g/mol. The Hall–Kier alpha value is -3.55. The minimum Gasteiger partial charge on any atom is -0.508 e. The molecule has 0 saturated carbocycles. The fraction of sp³-hybridized carbons (Fsp3) is 0.464. The van der Waals surface area contributed by atoms with Crippen LogP contribution in [0.1, 0.15) is 64.6 Å². The van der Waals surface area contributed by atoms with Gasteiger partial charge in [0.1, 0.15) is 23.4 Å². The quantitative estimate of drug-likeness (QED) is 0.453. The molecule has 2 aromatic carbocycles. The summed E-state index contributed by atoms with van der Waals surface area (Å²) >= 11 is 0. The van der Waals surface area contributed by atoms with Gasteiger partial charge in [-0.1, -0.05) is 55.8 Å². The Morgan fingerprint density at radius 2 is 1.61 bits per heavy atom. The number of nitrogens with zero attached hydrogens (tertiary/aromatic N) is 1. The van der Waals surface area contributed by atoms with Crippen LogP contribution in [0, 0.1) is 0 Å². The maximum atomic E-state index is 13.8. The molecule has 3 atom stereocenters. The van der Waals surface area contributed by atoms with Gasteiger partial charge in [0.2, 0.25) is 11.8 Å². The molecule has 3 amide bonds. The summed E-state index contributed by atoms with van der Waals surface area (Å²) in [5, 5.41) is 15.3. The van der Waals surface area contributed by atoms with E-state index < -0.39 is 29.7 Å². The summed E-state index contributed by atoms with van der Waals surface area (Å²) in [7, 11) is 1.56. The van der Waals surface area contributed by atoms with Crippen LogP contribution in [0.3, 0.4) is 0 Å². The van der Waals surface area contributed by atoms with Crippen LogP contribution in [0.2, 0.25) is 0 Å². The normalized spacial score (nSPS) is 13.7. The van der Waals surface area contributed by atoms with Gasteiger partial charge < -0.3 is 25.4 Å². The van der Waals surface area contributed by atoms with Gasteiger partial charge in [0.25, 0.3) is 0 Å². The largest absolute Gasteiger partial charge is 0.508 e. The predicted octanol–water partition coefficient (Wildman–Crippen LogP) is 4.33. The van der Waals surface area contributed by atoms with Crippen molar-refractivity contribution in [2.45, 2.75) is 77.6 Å². The zero-order valence-electron chi connectivity index (χ0n) is 22.1. The van der Waals surface area contributed by atoms with Gasteiger partial charge >= 0.3 is 6.09 Å². The third-order valence-corrected chi connectivity index (χ3v) is 5.57. The number of ether oxygens (including phenoxy) is 1. The fourth-order valence-corrected chi connectivity index (χ4v) is 3.90. The van der Waals surface area contributed by atoms with Gasteiger partial charge in [-0.3, -0.25) is 9.59 Å². The summed E-state index contributed by atoms with van der Waals surface area (Å²) in [6.07, 6.45) is 1.15. The first-order chi connectivity index (χ1) is 16.9. The zero-order valence-corrected chi connectivity index (χ0v) is 22.1. The highest BCUT2D eigenvalue weighted by Gasteiger charge is 2.34.